The molecule has 0 aromatic heterocycles. The van der Waals surface area contributed by atoms with Gasteiger partial charge in [0.2, 0.25) is 0 Å². The summed E-state index contributed by atoms with van der Waals surface area (Å²) in [5.41, 5.74) is 0.615. The van der Waals surface area contributed by atoms with Crippen LogP contribution in [-0.4, -0.2) is 7.05 Å². The van der Waals surface area contributed by atoms with Crippen LogP contribution in [0.15, 0.2) is 34.8 Å². The predicted molar refractivity (Wildman–Crippen MR) is 76.9 cm³/mol. The monoisotopic (exact) mass is 343 g/mol. The highest BCUT2D eigenvalue weighted by Crippen LogP contribution is 2.35. The van der Waals surface area contributed by atoms with E-state index >= 15 is 0 Å². The van der Waals surface area contributed by atoms with Gasteiger partial charge in [0.05, 0.1) is 10.0 Å². The highest BCUT2D eigenvalue weighted by atomic mass is 79.9. The van der Waals surface area contributed by atoms with E-state index in [-0.39, 0.29) is 21.6 Å². The van der Waals surface area contributed by atoms with E-state index < -0.39 is 17.5 Å². The van der Waals surface area contributed by atoms with Crippen LogP contribution in [0, 0.1) is 17.5 Å². The smallest absolute Gasteiger partial charge is 0.148 e. The molecule has 1 unspecified atom stereocenters. The van der Waals surface area contributed by atoms with E-state index in [0.29, 0.717) is 5.56 Å². The third kappa shape index (κ3) is 2.74. The largest absolute Gasteiger partial charge is 0.313 e. The first-order valence-corrected chi connectivity index (χ1v) is 6.85. The topological polar surface area (TPSA) is 12.0 Å². The molecule has 20 heavy (non-hydrogen) atoms. The molecular formula is C15H13BrF3N. The van der Waals surface area contributed by atoms with Crippen LogP contribution in [0.3, 0.4) is 0 Å². The number of halogens is 4. The SMILES string of the molecule is CNC(C)c1ccc(F)cc1-c1c(F)ccc(Br)c1F. The summed E-state index contributed by atoms with van der Waals surface area (Å²) in [4.78, 5) is 0. The molecule has 2 aromatic carbocycles. The summed E-state index contributed by atoms with van der Waals surface area (Å²) < 4.78 is 41.8. The van der Waals surface area contributed by atoms with Crippen molar-refractivity contribution in [3.63, 3.8) is 0 Å². The number of nitrogens with one attached hydrogen (secondary N) is 1. The van der Waals surface area contributed by atoms with Crippen molar-refractivity contribution in [1.29, 1.82) is 0 Å². The van der Waals surface area contributed by atoms with Gasteiger partial charge in [-0.3, -0.25) is 0 Å². The molecule has 0 saturated heterocycles. The summed E-state index contributed by atoms with van der Waals surface area (Å²) in [6.07, 6.45) is 0. The molecule has 0 amide bonds. The second kappa shape index (κ2) is 5.97. The molecule has 0 heterocycles. The van der Waals surface area contributed by atoms with Crippen LogP contribution in [0.1, 0.15) is 18.5 Å². The molecule has 0 spiro atoms. The van der Waals surface area contributed by atoms with Crippen LogP contribution in [0.2, 0.25) is 0 Å². The number of hydrogen-bond donors (Lipinski definition) is 1. The average Bonchev–Trinajstić information content (AvgIpc) is 2.43. The molecule has 0 radical (unpaired) electrons. The maximum atomic E-state index is 14.2. The lowest BCUT2D eigenvalue weighted by molar-refractivity contribution is 0.581. The van der Waals surface area contributed by atoms with Gasteiger partial charge in [0.1, 0.15) is 17.5 Å². The first-order valence-electron chi connectivity index (χ1n) is 6.06. The molecule has 0 saturated carbocycles. The summed E-state index contributed by atoms with van der Waals surface area (Å²) in [6, 6.07) is 6.24. The second-order valence-corrected chi connectivity index (χ2v) is 5.31. The van der Waals surface area contributed by atoms with E-state index in [1.165, 1.54) is 18.2 Å². The van der Waals surface area contributed by atoms with Gasteiger partial charge < -0.3 is 5.32 Å². The van der Waals surface area contributed by atoms with Gasteiger partial charge in [-0.05, 0) is 65.3 Å². The van der Waals surface area contributed by atoms with Gasteiger partial charge in [0, 0.05) is 6.04 Å². The minimum Gasteiger partial charge on any atom is -0.313 e. The van der Waals surface area contributed by atoms with Crippen LogP contribution in [-0.2, 0) is 0 Å². The molecule has 1 atom stereocenters. The fourth-order valence-corrected chi connectivity index (χ4v) is 2.38. The van der Waals surface area contributed by atoms with Gasteiger partial charge in [-0.15, -0.1) is 0 Å². The second-order valence-electron chi connectivity index (χ2n) is 4.46. The third-order valence-electron chi connectivity index (χ3n) is 3.23. The normalized spacial score (nSPS) is 12.5. The summed E-state index contributed by atoms with van der Waals surface area (Å²) >= 11 is 3.02. The van der Waals surface area contributed by atoms with Crippen molar-refractivity contribution < 1.29 is 13.2 Å². The average molecular weight is 344 g/mol. The molecule has 0 bridgehead atoms. The zero-order valence-corrected chi connectivity index (χ0v) is 12.6. The van der Waals surface area contributed by atoms with Crippen molar-refractivity contribution in [3.8, 4) is 11.1 Å². The Morgan fingerprint density at radius 2 is 1.80 bits per heavy atom. The first kappa shape index (κ1) is 15.1. The van der Waals surface area contributed by atoms with Crippen molar-refractivity contribution >= 4 is 15.9 Å². The molecule has 1 N–H and O–H groups in total. The number of hydrogen-bond acceptors (Lipinski definition) is 1. The lowest BCUT2D eigenvalue weighted by Crippen LogP contribution is -2.14. The quantitative estimate of drug-likeness (QED) is 0.788. The van der Waals surface area contributed by atoms with Crippen LogP contribution >= 0.6 is 15.9 Å². The lowest BCUT2D eigenvalue weighted by Gasteiger charge is -2.17. The lowest BCUT2D eigenvalue weighted by atomic mass is 9.94. The van der Waals surface area contributed by atoms with Gasteiger partial charge >= 0.3 is 0 Å². The van der Waals surface area contributed by atoms with Crippen LogP contribution in [0.4, 0.5) is 13.2 Å². The summed E-state index contributed by atoms with van der Waals surface area (Å²) in [6.45, 7) is 1.84. The van der Waals surface area contributed by atoms with E-state index in [0.717, 1.165) is 12.1 Å². The fraction of sp³-hybridized carbons (Fsp3) is 0.200. The highest BCUT2D eigenvalue weighted by Gasteiger charge is 2.20. The zero-order valence-electron chi connectivity index (χ0n) is 11.0. The van der Waals surface area contributed by atoms with Crippen molar-refractivity contribution in [3.05, 3.63) is 57.8 Å². The standard InChI is InChI=1S/C15H13BrF3N/c1-8(20-2)10-4-3-9(17)7-11(10)14-13(18)6-5-12(16)15(14)19/h3-8,20H,1-2H3. The van der Waals surface area contributed by atoms with Crippen LogP contribution in [0.5, 0.6) is 0 Å². The van der Waals surface area contributed by atoms with Gasteiger partial charge in [0.15, 0.2) is 0 Å². The van der Waals surface area contributed by atoms with Crippen molar-refractivity contribution in [2.45, 2.75) is 13.0 Å². The Labute approximate surface area is 123 Å². The summed E-state index contributed by atoms with van der Waals surface area (Å²) in [5, 5.41) is 2.99. The van der Waals surface area contributed by atoms with Gasteiger partial charge in [-0.25, -0.2) is 13.2 Å². The maximum Gasteiger partial charge on any atom is 0.148 e. The fourth-order valence-electron chi connectivity index (χ4n) is 2.05. The van der Waals surface area contributed by atoms with Crippen molar-refractivity contribution in [1.82, 2.24) is 5.32 Å². The Kier molecular flexibility index (Phi) is 4.50. The molecule has 5 heteroatoms. The van der Waals surface area contributed by atoms with E-state index in [1.807, 2.05) is 6.92 Å². The third-order valence-corrected chi connectivity index (χ3v) is 3.84. The molecule has 2 aromatic rings. The van der Waals surface area contributed by atoms with Crippen molar-refractivity contribution in [2.24, 2.45) is 0 Å². The van der Waals surface area contributed by atoms with Crippen LogP contribution < -0.4 is 5.32 Å². The first-order chi connectivity index (χ1) is 9.45. The highest BCUT2D eigenvalue weighted by molar-refractivity contribution is 9.10. The zero-order chi connectivity index (χ0) is 14.9. The van der Waals surface area contributed by atoms with E-state index in [2.05, 4.69) is 21.2 Å². The molecule has 0 aliphatic carbocycles. The van der Waals surface area contributed by atoms with Crippen LogP contribution in [0.25, 0.3) is 11.1 Å². The van der Waals surface area contributed by atoms with Gasteiger partial charge in [0.25, 0.3) is 0 Å². The summed E-state index contributed by atoms with van der Waals surface area (Å²) in [5.74, 6) is -1.99. The Bertz CT molecular complexity index is 643. The minimum atomic E-state index is -0.736. The maximum absolute atomic E-state index is 14.2. The molecule has 0 aliphatic rings. The predicted octanol–water partition coefficient (Wildman–Crippen LogP) is 4.81. The van der Waals surface area contributed by atoms with E-state index in [9.17, 15) is 13.2 Å². The Morgan fingerprint density at radius 3 is 2.45 bits per heavy atom. The molecule has 106 valence electrons. The van der Waals surface area contributed by atoms with E-state index in [1.54, 1.807) is 7.05 Å². The Morgan fingerprint density at radius 1 is 1.10 bits per heavy atom. The van der Waals surface area contributed by atoms with Gasteiger partial charge in [-0.1, -0.05) is 6.07 Å². The number of rotatable bonds is 3. The summed E-state index contributed by atoms with van der Waals surface area (Å²) in [7, 11) is 1.73. The Balaban J connectivity index is 2.75. The minimum absolute atomic E-state index is 0.140. The Hall–Kier alpha value is -1.33. The molecule has 1 nitrogen and oxygen atoms in total. The molecule has 0 fully saturated rings. The molecule has 2 rings (SSSR count). The van der Waals surface area contributed by atoms with Gasteiger partial charge in [-0.2, -0.15) is 0 Å². The number of benzene rings is 2. The van der Waals surface area contributed by atoms with Crippen molar-refractivity contribution in [2.75, 3.05) is 7.05 Å². The molecular weight excluding hydrogens is 331 g/mol. The van der Waals surface area contributed by atoms with E-state index in [4.69, 9.17) is 0 Å². The molecule has 0 aliphatic heterocycles.